The Bertz CT molecular complexity index is 556. The van der Waals surface area contributed by atoms with Gasteiger partial charge in [-0.05, 0) is 25.2 Å². The van der Waals surface area contributed by atoms with E-state index in [4.69, 9.17) is 4.42 Å². The molecule has 0 unspecified atom stereocenters. The van der Waals surface area contributed by atoms with Crippen LogP contribution in [0, 0.1) is 0 Å². The van der Waals surface area contributed by atoms with Gasteiger partial charge in [0.25, 0.3) is 0 Å². The van der Waals surface area contributed by atoms with Gasteiger partial charge in [0, 0.05) is 12.1 Å². The largest absolute Gasteiger partial charge is 0.437 e. The van der Waals surface area contributed by atoms with Crippen molar-refractivity contribution < 1.29 is 4.42 Å². The van der Waals surface area contributed by atoms with Crippen LogP contribution in [0.3, 0.4) is 0 Å². The molecule has 1 aromatic heterocycles. The molecule has 0 saturated carbocycles. The zero-order valence-electron chi connectivity index (χ0n) is 11.4. The fourth-order valence-electron chi connectivity index (χ4n) is 1.92. The monoisotopic (exact) mass is 261 g/mol. The molecule has 0 fully saturated rings. The Morgan fingerprint density at radius 2 is 1.89 bits per heavy atom. The van der Waals surface area contributed by atoms with Crippen molar-refractivity contribution in [2.75, 3.05) is 19.6 Å². The quantitative estimate of drug-likeness (QED) is 0.796. The smallest absolute Gasteiger partial charge is 0.388 e. The van der Waals surface area contributed by atoms with Gasteiger partial charge in [-0.1, -0.05) is 32.0 Å². The van der Waals surface area contributed by atoms with Crippen LogP contribution >= 0.6 is 0 Å². The van der Waals surface area contributed by atoms with Gasteiger partial charge in [-0.15, -0.1) is 5.10 Å². The maximum Gasteiger partial charge on any atom is 0.437 e. The SMILES string of the molecule is CCN(CC)CCn1nc(-c2ccccc2)oc1=O. The minimum absolute atomic E-state index is 0.380. The first-order chi connectivity index (χ1) is 9.24. The van der Waals surface area contributed by atoms with Crippen LogP contribution in [-0.4, -0.2) is 34.3 Å². The first-order valence-electron chi connectivity index (χ1n) is 6.60. The van der Waals surface area contributed by atoms with Gasteiger partial charge < -0.3 is 9.32 Å². The van der Waals surface area contributed by atoms with Gasteiger partial charge in [-0.3, -0.25) is 0 Å². The Kier molecular flexibility index (Phi) is 4.52. The molecule has 1 aromatic carbocycles. The van der Waals surface area contributed by atoms with E-state index in [1.54, 1.807) is 0 Å². The number of aromatic nitrogens is 2. The van der Waals surface area contributed by atoms with Crippen molar-refractivity contribution >= 4 is 0 Å². The van der Waals surface area contributed by atoms with E-state index in [2.05, 4.69) is 23.8 Å². The molecule has 0 aliphatic carbocycles. The van der Waals surface area contributed by atoms with E-state index in [0.29, 0.717) is 12.4 Å². The Morgan fingerprint density at radius 1 is 1.21 bits per heavy atom. The van der Waals surface area contributed by atoms with Crippen molar-refractivity contribution in [3.05, 3.63) is 40.9 Å². The fourth-order valence-corrected chi connectivity index (χ4v) is 1.92. The molecule has 0 atom stereocenters. The number of likely N-dealkylation sites (N-methyl/N-ethyl adjacent to an activating group) is 1. The summed E-state index contributed by atoms with van der Waals surface area (Å²) in [6.07, 6.45) is 0. The molecule has 1 heterocycles. The second kappa shape index (κ2) is 6.33. The number of hydrogen-bond acceptors (Lipinski definition) is 4. The van der Waals surface area contributed by atoms with Crippen molar-refractivity contribution in [3.8, 4) is 11.5 Å². The third-order valence-electron chi connectivity index (χ3n) is 3.15. The highest BCUT2D eigenvalue weighted by Gasteiger charge is 2.10. The van der Waals surface area contributed by atoms with Crippen LogP contribution in [0.1, 0.15) is 13.8 Å². The minimum Gasteiger partial charge on any atom is -0.388 e. The van der Waals surface area contributed by atoms with E-state index >= 15 is 0 Å². The highest BCUT2D eigenvalue weighted by molar-refractivity contribution is 5.51. The zero-order valence-corrected chi connectivity index (χ0v) is 11.4. The summed E-state index contributed by atoms with van der Waals surface area (Å²) in [6.45, 7) is 7.49. The highest BCUT2D eigenvalue weighted by atomic mass is 16.4. The molecule has 2 aromatic rings. The van der Waals surface area contributed by atoms with Gasteiger partial charge in [0.2, 0.25) is 5.89 Å². The van der Waals surface area contributed by atoms with E-state index in [1.807, 2.05) is 30.3 Å². The van der Waals surface area contributed by atoms with Crippen LogP contribution in [0.15, 0.2) is 39.5 Å². The average molecular weight is 261 g/mol. The molecule has 2 rings (SSSR count). The van der Waals surface area contributed by atoms with Gasteiger partial charge in [-0.2, -0.15) is 4.68 Å². The molecule has 102 valence electrons. The van der Waals surface area contributed by atoms with E-state index in [0.717, 1.165) is 25.2 Å². The van der Waals surface area contributed by atoms with Crippen molar-refractivity contribution in [1.82, 2.24) is 14.7 Å². The van der Waals surface area contributed by atoms with Crippen LogP contribution < -0.4 is 5.76 Å². The number of benzene rings is 1. The van der Waals surface area contributed by atoms with Gasteiger partial charge in [-0.25, -0.2) is 4.79 Å². The zero-order chi connectivity index (χ0) is 13.7. The average Bonchev–Trinajstić information content (AvgIpc) is 2.82. The highest BCUT2D eigenvalue weighted by Crippen LogP contribution is 2.13. The Labute approximate surface area is 112 Å². The summed E-state index contributed by atoms with van der Waals surface area (Å²) in [6, 6.07) is 9.45. The molecule has 0 aliphatic rings. The minimum atomic E-state index is -0.397. The molecule has 0 saturated heterocycles. The summed E-state index contributed by atoms with van der Waals surface area (Å²) in [7, 11) is 0. The van der Waals surface area contributed by atoms with Crippen LogP contribution in [0.2, 0.25) is 0 Å². The van der Waals surface area contributed by atoms with Crippen molar-refractivity contribution in [1.29, 1.82) is 0 Å². The van der Waals surface area contributed by atoms with E-state index < -0.39 is 5.76 Å². The molecular formula is C14H19N3O2. The lowest BCUT2D eigenvalue weighted by Gasteiger charge is -2.16. The third kappa shape index (κ3) is 3.32. The fraction of sp³-hybridized carbons (Fsp3) is 0.429. The Balaban J connectivity index is 2.12. The lowest BCUT2D eigenvalue weighted by molar-refractivity contribution is 0.281. The lowest BCUT2D eigenvalue weighted by atomic mass is 10.2. The molecular weight excluding hydrogens is 242 g/mol. The molecule has 0 bridgehead atoms. The van der Waals surface area contributed by atoms with E-state index in [1.165, 1.54) is 4.68 Å². The van der Waals surface area contributed by atoms with Gasteiger partial charge >= 0.3 is 5.76 Å². The standard InChI is InChI=1S/C14H19N3O2/c1-3-16(4-2)10-11-17-14(18)19-13(15-17)12-8-6-5-7-9-12/h5-9H,3-4,10-11H2,1-2H3. The molecule has 19 heavy (non-hydrogen) atoms. The van der Waals surface area contributed by atoms with Gasteiger partial charge in [0.15, 0.2) is 0 Å². The number of nitrogens with zero attached hydrogens (tertiary/aromatic N) is 3. The molecule has 0 radical (unpaired) electrons. The maximum absolute atomic E-state index is 11.7. The van der Waals surface area contributed by atoms with Crippen LogP contribution in [0.5, 0.6) is 0 Å². The lowest BCUT2D eigenvalue weighted by Crippen LogP contribution is -2.30. The summed E-state index contributed by atoms with van der Waals surface area (Å²) in [5, 5.41) is 4.23. The second-order valence-corrected chi connectivity index (χ2v) is 4.29. The molecule has 0 amide bonds. The number of hydrogen-bond donors (Lipinski definition) is 0. The first-order valence-corrected chi connectivity index (χ1v) is 6.60. The van der Waals surface area contributed by atoms with E-state index in [9.17, 15) is 4.79 Å². The maximum atomic E-state index is 11.7. The third-order valence-corrected chi connectivity index (χ3v) is 3.15. The van der Waals surface area contributed by atoms with Gasteiger partial charge in [0.05, 0.1) is 6.54 Å². The van der Waals surface area contributed by atoms with Crippen LogP contribution in [-0.2, 0) is 6.54 Å². The summed E-state index contributed by atoms with van der Waals surface area (Å²) < 4.78 is 6.57. The first kappa shape index (κ1) is 13.5. The van der Waals surface area contributed by atoms with Crippen molar-refractivity contribution in [3.63, 3.8) is 0 Å². The molecule has 0 spiro atoms. The summed E-state index contributed by atoms with van der Waals surface area (Å²) in [5.41, 5.74) is 0.821. The summed E-state index contributed by atoms with van der Waals surface area (Å²) in [4.78, 5) is 14.0. The Morgan fingerprint density at radius 3 is 2.53 bits per heavy atom. The summed E-state index contributed by atoms with van der Waals surface area (Å²) in [5.74, 6) is -0.0174. The van der Waals surface area contributed by atoms with Gasteiger partial charge in [0.1, 0.15) is 0 Å². The second-order valence-electron chi connectivity index (χ2n) is 4.29. The van der Waals surface area contributed by atoms with Crippen molar-refractivity contribution in [2.24, 2.45) is 0 Å². The van der Waals surface area contributed by atoms with Crippen LogP contribution in [0.4, 0.5) is 0 Å². The predicted octanol–water partition coefficient (Wildman–Crippen LogP) is 1.85. The molecule has 5 heteroatoms. The predicted molar refractivity (Wildman–Crippen MR) is 74.0 cm³/mol. The normalized spacial score (nSPS) is 11.1. The summed E-state index contributed by atoms with van der Waals surface area (Å²) >= 11 is 0. The van der Waals surface area contributed by atoms with E-state index in [-0.39, 0.29) is 0 Å². The molecule has 0 N–H and O–H groups in total. The topological polar surface area (TPSA) is 51.3 Å². The Hall–Kier alpha value is -1.88. The molecule has 0 aliphatic heterocycles. The van der Waals surface area contributed by atoms with Crippen LogP contribution in [0.25, 0.3) is 11.5 Å². The molecule has 5 nitrogen and oxygen atoms in total. The van der Waals surface area contributed by atoms with Crippen molar-refractivity contribution in [2.45, 2.75) is 20.4 Å². The number of rotatable bonds is 6.